The van der Waals surface area contributed by atoms with E-state index in [1.165, 1.54) is 12.1 Å². The SMILES string of the molecule is COc1ccc(F)cc1C1CCCN1c1ccn2ncc(C(=O)NC3CC3)c2n1. The van der Waals surface area contributed by atoms with Gasteiger partial charge in [0.05, 0.1) is 19.3 Å². The van der Waals surface area contributed by atoms with Crippen LogP contribution >= 0.6 is 0 Å². The minimum absolute atomic E-state index is 0.0396. The van der Waals surface area contributed by atoms with E-state index >= 15 is 0 Å². The van der Waals surface area contributed by atoms with E-state index in [0.29, 0.717) is 17.0 Å². The third-order valence-electron chi connectivity index (χ3n) is 5.61. The quantitative estimate of drug-likeness (QED) is 0.719. The van der Waals surface area contributed by atoms with E-state index < -0.39 is 0 Å². The van der Waals surface area contributed by atoms with Crippen LogP contribution in [0.25, 0.3) is 5.65 Å². The van der Waals surface area contributed by atoms with E-state index in [9.17, 15) is 9.18 Å². The van der Waals surface area contributed by atoms with Crippen LogP contribution in [0.5, 0.6) is 5.75 Å². The number of fused-ring (bicyclic) bond motifs is 1. The zero-order chi connectivity index (χ0) is 20.0. The second-order valence-corrected chi connectivity index (χ2v) is 7.60. The molecule has 2 fully saturated rings. The molecule has 1 aliphatic heterocycles. The number of methoxy groups -OCH3 is 1. The van der Waals surface area contributed by atoms with Gasteiger partial charge in [-0.15, -0.1) is 0 Å². The third-order valence-corrected chi connectivity index (χ3v) is 5.61. The molecule has 1 atom stereocenters. The molecule has 150 valence electrons. The zero-order valence-corrected chi connectivity index (χ0v) is 16.1. The van der Waals surface area contributed by atoms with Gasteiger partial charge in [-0.05, 0) is 49.9 Å². The molecule has 0 bridgehead atoms. The number of benzene rings is 1. The number of hydrogen-bond donors (Lipinski definition) is 1. The summed E-state index contributed by atoms with van der Waals surface area (Å²) in [5.41, 5.74) is 1.81. The van der Waals surface area contributed by atoms with E-state index in [1.807, 2.05) is 12.3 Å². The summed E-state index contributed by atoms with van der Waals surface area (Å²) in [6.45, 7) is 0.797. The maximum atomic E-state index is 13.9. The molecule has 1 aliphatic carbocycles. The summed E-state index contributed by atoms with van der Waals surface area (Å²) in [6, 6.07) is 6.71. The molecule has 1 saturated carbocycles. The molecule has 0 radical (unpaired) electrons. The van der Waals surface area contributed by atoms with Gasteiger partial charge in [-0.3, -0.25) is 4.79 Å². The van der Waals surface area contributed by atoms with Crippen molar-refractivity contribution < 1.29 is 13.9 Å². The molecule has 1 N–H and O–H groups in total. The molecule has 3 heterocycles. The Labute approximate surface area is 167 Å². The summed E-state index contributed by atoms with van der Waals surface area (Å²) in [6.07, 6.45) is 7.25. The Morgan fingerprint density at radius 3 is 2.93 bits per heavy atom. The van der Waals surface area contributed by atoms with E-state index in [0.717, 1.165) is 43.6 Å². The second kappa shape index (κ2) is 7.02. The number of ether oxygens (including phenoxy) is 1. The molecule has 5 rings (SSSR count). The van der Waals surface area contributed by atoms with Crippen molar-refractivity contribution in [3.8, 4) is 5.75 Å². The number of nitrogens with one attached hydrogen (secondary N) is 1. The number of anilines is 1. The van der Waals surface area contributed by atoms with E-state index in [2.05, 4.69) is 15.3 Å². The minimum atomic E-state index is -0.286. The zero-order valence-electron chi connectivity index (χ0n) is 16.1. The number of hydrogen-bond acceptors (Lipinski definition) is 5. The maximum Gasteiger partial charge on any atom is 0.256 e. The van der Waals surface area contributed by atoms with Gasteiger partial charge in [-0.2, -0.15) is 5.10 Å². The molecule has 1 amide bonds. The van der Waals surface area contributed by atoms with E-state index in [4.69, 9.17) is 9.72 Å². The fraction of sp³-hybridized carbons (Fsp3) is 0.381. The summed E-state index contributed by atoms with van der Waals surface area (Å²) in [5.74, 6) is 0.980. The van der Waals surface area contributed by atoms with Gasteiger partial charge in [0.1, 0.15) is 22.9 Å². The average molecular weight is 395 g/mol. The Hall–Kier alpha value is -3.16. The van der Waals surface area contributed by atoms with Gasteiger partial charge in [-0.25, -0.2) is 13.9 Å². The molecule has 2 aliphatic rings. The highest BCUT2D eigenvalue weighted by Gasteiger charge is 2.31. The van der Waals surface area contributed by atoms with Crippen LogP contribution in [0.3, 0.4) is 0 Å². The standard InChI is InChI=1S/C21H22FN5O2/c1-29-18-7-4-13(22)11-15(18)17-3-2-9-26(17)19-8-10-27-20(25-19)16(12-23-27)21(28)24-14-5-6-14/h4,7-8,10-12,14,17H,2-3,5-6,9H2,1H3,(H,24,28). The number of amides is 1. The fourth-order valence-electron chi connectivity index (χ4n) is 4.00. The van der Waals surface area contributed by atoms with Gasteiger partial charge in [-0.1, -0.05) is 0 Å². The lowest BCUT2D eigenvalue weighted by Gasteiger charge is -2.27. The Bertz CT molecular complexity index is 1080. The first-order valence-electron chi connectivity index (χ1n) is 9.89. The Kier molecular flexibility index (Phi) is 4.34. The molecule has 2 aromatic heterocycles. The monoisotopic (exact) mass is 395 g/mol. The lowest BCUT2D eigenvalue weighted by atomic mass is 10.0. The largest absolute Gasteiger partial charge is 0.496 e. The number of aromatic nitrogens is 3. The molecule has 1 aromatic carbocycles. The predicted molar refractivity (Wildman–Crippen MR) is 106 cm³/mol. The molecule has 0 spiro atoms. The summed E-state index contributed by atoms with van der Waals surface area (Å²) in [5, 5.41) is 7.25. The van der Waals surface area contributed by atoms with Gasteiger partial charge in [0.15, 0.2) is 5.65 Å². The first-order chi connectivity index (χ1) is 14.1. The van der Waals surface area contributed by atoms with Crippen molar-refractivity contribution in [2.75, 3.05) is 18.6 Å². The van der Waals surface area contributed by atoms with Gasteiger partial charge < -0.3 is 15.0 Å². The minimum Gasteiger partial charge on any atom is -0.496 e. The van der Waals surface area contributed by atoms with Crippen LogP contribution in [0.4, 0.5) is 10.2 Å². The van der Waals surface area contributed by atoms with Crippen LogP contribution in [-0.2, 0) is 0 Å². The van der Waals surface area contributed by atoms with Gasteiger partial charge in [0.2, 0.25) is 0 Å². The Balaban J connectivity index is 1.51. The number of rotatable bonds is 5. The summed E-state index contributed by atoms with van der Waals surface area (Å²) in [7, 11) is 1.59. The predicted octanol–water partition coefficient (Wildman–Crippen LogP) is 3.11. The highest BCUT2D eigenvalue weighted by atomic mass is 19.1. The van der Waals surface area contributed by atoms with E-state index in [1.54, 1.807) is 23.9 Å². The van der Waals surface area contributed by atoms with Crippen molar-refractivity contribution in [1.29, 1.82) is 0 Å². The van der Waals surface area contributed by atoms with Crippen molar-refractivity contribution in [1.82, 2.24) is 19.9 Å². The summed E-state index contributed by atoms with van der Waals surface area (Å²) >= 11 is 0. The first kappa shape index (κ1) is 17.9. The van der Waals surface area contributed by atoms with Gasteiger partial charge in [0.25, 0.3) is 5.91 Å². The lowest BCUT2D eigenvalue weighted by molar-refractivity contribution is 0.0952. The van der Waals surface area contributed by atoms with Crippen molar-refractivity contribution >= 4 is 17.4 Å². The van der Waals surface area contributed by atoms with Gasteiger partial charge >= 0.3 is 0 Å². The number of nitrogens with zero attached hydrogens (tertiary/aromatic N) is 4. The summed E-state index contributed by atoms with van der Waals surface area (Å²) < 4.78 is 21.0. The third kappa shape index (κ3) is 3.28. The number of carbonyl (C=O) groups is 1. The topological polar surface area (TPSA) is 71.8 Å². The van der Waals surface area contributed by atoms with Crippen LogP contribution in [-0.4, -0.2) is 40.2 Å². The molecule has 3 aromatic rings. The van der Waals surface area contributed by atoms with E-state index in [-0.39, 0.29) is 23.8 Å². The first-order valence-corrected chi connectivity index (χ1v) is 9.89. The molecule has 1 saturated heterocycles. The molecule has 8 heteroatoms. The highest BCUT2D eigenvalue weighted by molar-refractivity contribution is 6.00. The molecule has 1 unspecified atom stereocenters. The van der Waals surface area contributed by atoms with Crippen LogP contribution in [0, 0.1) is 5.82 Å². The average Bonchev–Trinajstić information content (AvgIpc) is 3.25. The highest BCUT2D eigenvalue weighted by Crippen LogP contribution is 2.39. The second-order valence-electron chi connectivity index (χ2n) is 7.60. The normalized spacial score (nSPS) is 19.0. The molecular weight excluding hydrogens is 373 g/mol. The van der Waals surface area contributed by atoms with Gasteiger partial charge in [0, 0.05) is 24.3 Å². The van der Waals surface area contributed by atoms with Crippen molar-refractivity contribution in [3.05, 3.63) is 53.6 Å². The molecule has 7 nitrogen and oxygen atoms in total. The lowest BCUT2D eigenvalue weighted by Crippen LogP contribution is -2.26. The Morgan fingerprint density at radius 1 is 1.28 bits per heavy atom. The maximum absolute atomic E-state index is 13.9. The van der Waals surface area contributed by atoms with Crippen molar-refractivity contribution in [3.63, 3.8) is 0 Å². The number of halogens is 1. The smallest absolute Gasteiger partial charge is 0.256 e. The van der Waals surface area contributed by atoms with Crippen LogP contribution in [0.2, 0.25) is 0 Å². The summed E-state index contributed by atoms with van der Waals surface area (Å²) in [4.78, 5) is 19.4. The molecular formula is C21H22FN5O2. The fourth-order valence-corrected chi connectivity index (χ4v) is 4.00. The van der Waals surface area contributed by atoms with Crippen LogP contribution in [0.1, 0.15) is 47.6 Å². The molecule has 29 heavy (non-hydrogen) atoms. The number of carbonyl (C=O) groups excluding carboxylic acids is 1. The van der Waals surface area contributed by atoms with Crippen LogP contribution < -0.4 is 15.0 Å². The Morgan fingerprint density at radius 2 is 2.14 bits per heavy atom. The van der Waals surface area contributed by atoms with Crippen molar-refractivity contribution in [2.45, 2.75) is 37.8 Å². The van der Waals surface area contributed by atoms with Crippen LogP contribution in [0.15, 0.2) is 36.7 Å². The van der Waals surface area contributed by atoms with Crippen molar-refractivity contribution in [2.24, 2.45) is 0 Å².